The molecular formula is C17H26N4O2. The molecule has 0 N–H and O–H groups in total. The number of nitrogens with zero attached hydrogens (tertiary/aromatic N) is 4. The number of hydrogen-bond donors (Lipinski definition) is 0. The number of aromatic nitrogens is 2. The monoisotopic (exact) mass is 318 g/mol. The number of carbonyl (C=O) groups excluding carboxylic acids is 1. The standard InChI is InChI=1S/C17H26N4O2/c22-17(14-11-18-21(12-14)15-3-1-4-15)20-6-2-5-16(20)13-19-7-9-23-10-8-19/h11-12,15-16H,1-10,13H2/t16-/m0/s1. The number of hydrogen-bond acceptors (Lipinski definition) is 4. The zero-order valence-corrected chi connectivity index (χ0v) is 13.7. The van der Waals surface area contributed by atoms with Crippen LogP contribution in [0.1, 0.15) is 48.5 Å². The molecule has 1 saturated carbocycles. The lowest BCUT2D eigenvalue weighted by Gasteiger charge is -2.32. The fourth-order valence-corrected chi connectivity index (χ4v) is 3.84. The maximum atomic E-state index is 12.9. The fraction of sp³-hybridized carbons (Fsp3) is 0.765. The lowest BCUT2D eigenvalue weighted by atomic mass is 9.93. The van der Waals surface area contributed by atoms with Crippen LogP contribution in [0.2, 0.25) is 0 Å². The van der Waals surface area contributed by atoms with Gasteiger partial charge in [0.15, 0.2) is 0 Å². The Morgan fingerprint density at radius 1 is 1.17 bits per heavy atom. The van der Waals surface area contributed by atoms with E-state index in [1.165, 1.54) is 19.3 Å². The molecule has 1 aliphatic carbocycles. The Bertz CT molecular complexity index is 549. The summed E-state index contributed by atoms with van der Waals surface area (Å²) < 4.78 is 7.41. The lowest BCUT2D eigenvalue weighted by molar-refractivity contribution is 0.0261. The zero-order chi connectivity index (χ0) is 15.6. The summed E-state index contributed by atoms with van der Waals surface area (Å²) in [7, 11) is 0. The average Bonchev–Trinajstić information content (AvgIpc) is 3.16. The molecular weight excluding hydrogens is 292 g/mol. The van der Waals surface area contributed by atoms with Crippen molar-refractivity contribution in [1.82, 2.24) is 19.6 Å². The van der Waals surface area contributed by atoms with E-state index in [0.717, 1.165) is 57.8 Å². The highest BCUT2D eigenvalue weighted by molar-refractivity contribution is 5.94. The number of rotatable bonds is 4. The molecule has 2 saturated heterocycles. The van der Waals surface area contributed by atoms with Gasteiger partial charge in [-0.25, -0.2) is 0 Å². The van der Waals surface area contributed by atoms with Gasteiger partial charge in [0.25, 0.3) is 5.91 Å². The molecule has 1 amide bonds. The first-order valence-corrected chi connectivity index (χ1v) is 8.96. The van der Waals surface area contributed by atoms with Gasteiger partial charge in [0.1, 0.15) is 0 Å². The van der Waals surface area contributed by atoms with Crippen LogP contribution in [0.25, 0.3) is 0 Å². The molecule has 3 heterocycles. The topological polar surface area (TPSA) is 50.6 Å². The molecule has 0 unspecified atom stereocenters. The first-order chi connectivity index (χ1) is 11.3. The second-order valence-corrected chi connectivity index (χ2v) is 7.00. The van der Waals surface area contributed by atoms with Gasteiger partial charge >= 0.3 is 0 Å². The minimum Gasteiger partial charge on any atom is -0.379 e. The van der Waals surface area contributed by atoms with E-state index in [1.807, 2.05) is 10.9 Å². The maximum absolute atomic E-state index is 12.9. The summed E-state index contributed by atoms with van der Waals surface area (Å²) in [4.78, 5) is 17.4. The Balaban J connectivity index is 1.40. The van der Waals surface area contributed by atoms with Crippen LogP contribution in [0.15, 0.2) is 12.4 Å². The second kappa shape index (κ2) is 6.61. The van der Waals surface area contributed by atoms with E-state index in [4.69, 9.17) is 4.74 Å². The highest BCUT2D eigenvalue weighted by atomic mass is 16.5. The van der Waals surface area contributed by atoms with Crippen LogP contribution in [-0.2, 0) is 4.74 Å². The molecule has 3 fully saturated rings. The van der Waals surface area contributed by atoms with Crippen LogP contribution in [-0.4, -0.2) is 70.9 Å². The van der Waals surface area contributed by atoms with E-state index in [2.05, 4.69) is 14.9 Å². The molecule has 3 aliphatic rings. The lowest BCUT2D eigenvalue weighted by Crippen LogP contribution is -2.46. The Hall–Kier alpha value is -1.40. The summed E-state index contributed by atoms with van der Waals surface area (Å²) >= 11 is 0. The quantitative estimate of drug-likeness (QED) is 0.845. The normalized spacial score (nSPS) is 26.4. The molecule has 0 aromatic carbocycles. The van der Waals surface area contributed by atoms with Gasteiger partial charge in [-0.3, -0.25) is 14.4 Å². The molecule has 1 aromatic rings. The number of ether oxygens (including phenoxy) is 1. The third kappa shape index (κ3) is 3.15. The highest BCUT2D eigenvalue weighted by Gasteiger charge is 2.32. The number of likely N-dealkylation sites (tertiary alicyclic amines) is 1. The van der Waals surface area contributed by atoms with Crippen molar-refractivity contribution in [1.29, 1.82) is 0 Å². The Morgan fingerprint density at radius 3 is 2.74 bits per heavy atom. The first-order valence-electron chi connectivity index (χ1n) is 8.96. The summed E-state index contributed by atoms with van der Waals surface area (Å²) in [6.45, 7) is 5.45. The summed E-state index contributed by atoms with van der Waals surface area (Å²) in [5.74, 6) is 0.159. The molecule has 23 heavy (non-hydrogen) atoms. The summed E-state index contributed by atoms with van der Waals surface area (Å²) in [6.07, 6.45) is 9.59. The third-order valence-corrected chi connectivity index (χ3v) is 5.51. The SMILES string of the molecule is O=C(c1cnn(C2CCC2)c1)N1CCC[C@H]1CN1CCOCC1. The van der Waals surface area contributed by atoms with Gasteiger partial charge in [-0.2, -0.15) is 5.10 Å². The predicted molar refractivity (Wildman–Crippen MR) is 86.4 cm³/mol. The minimum atomic E-state index is 0.159. The van der Waals surface area contributed by atoms with E-state index in [0.29, 0.717) is 12.1 Å². The van der Waals surface area contributed by atoms with Crippen molar-refractivity contribution in [3.63, 3.8) is 0 Å². The third-order valence-electron chi connectivity index (χ3n) is 5.51. The zero-order valence-electron chi connectivity index (χ0n) is 13.7. The summed E-state index contributed by atoms with van der Waals surface area (Å²) in [6, 6.07) is 0.854. The first kappa shape index (κ1) is 15.1. The van der Waals surface area contributed by atoms with Crippen molar-refractivity contribution in [3.05, 3.63) is 18.0 Å². The Morgan fingerprint density at radius 2 is 2.00 bits per heavy atom. The number of morpholine rings is 1. The van der Waals surface area contributed by atoms with Gasteiger partial charge < -0.3 is 9.64 Å². The van der Waals surface area contributed by atoms with Crippen molar-refractivity contribution in [3.8, 4) is 0 Å². The smallest absolute Gasteiger partial charge is 0.257 e. The van der Waals surface area contributed by atoms with Crippen LogP contribution >= 0.6 is 0 Å². The van der Waals surface area contributed by atoms with E-state index < -0.39 is 0 Å². The van der Waals surface area contributed by atoms with Crippen LogP contribution in [0.5, 0.6) is 0 Å². The van der Waals surface area contributed by atoms with Crippen LogP contribution < -0.4 is 0 Å². The Labute approximate surface area is 137 Å². The molecule has 0 radical (unpaired) electrons. The average molecular weight is 318 g/mol. The van der Waals surface area contributed by atoms with Gasteiger partial charge in [0.05, 0.1) is 31.0 Å². The molecule has 0 spiro atoms. The summed E-state index contributed by atoms with van der Waals surface area (Å²) in [5.41, 5.74) is 0.755. The molecule has 126 valence electrons. The van der Waals surface area contributed by atoms with Crippen molar-refractivity contribution in [2.24, 2.45) is 0 Å². The molecule has 6 nitrogen and oxygen atoms in total. The minimum absolute atomic E-state index is 0.159. The van der Waals surface area contributed by atoms with Crippen LogP contribution in [0.4, 0.5) is 0 Å². The van der Waals surface area contributed by atoms with E-state index in [1.54, 1.807) is 6.20 Å². The molecule has 4 rings (SSSR count). The van der Waals surface area contributed by atoms with E-state index in [-0.39, 0.29) is 5.91 Å². The molecule has 0 bridgehead atoms. The van der Waals surface area contributed by atoms with Gasteiger partial charge in [-0.05, 0) is 32.1 Å². The fourth-order valence-electron chi connectivity index (χ4n) is 3.84. The van der Waals surface area contributed by atoms with E-state index in [9.17, 15) is 4.79 Å². The number of amides is 1. The second-order valence-electron chi connectivity index (χ2n) is 7.00. The number of carbonyl (C=O) groups is 1. The molecule has 1 aromatic heterocycles. The van der Waals surface area contributed by atoms with Crippen LogP contribution in [0.3, 0.4) is 0 Å². The highest BCUT2D eigenvalue weighted by Crippen LogP contribution is 2.31. The Kier molecular flexibility index (Phi) is 4.35. The van der Waals surface area contributed by atoms with E-state index >= 15 is 0 Å². The largest absolute Gasteiger partial charge is 0.379 e. The van der Waals surface area contributed by atoms with Gasteiger partial charge in [0, 0.05) is 38.4 Å². The molecule has 2 aliphatic heterocycles. The van der Waals surface area contributed by atoms with Crippen molar-refractivity contribution >= 4 is 5.91 Å². The van der Waals surface area contributed by atoms with Crippen molar-refractivity contribution in [2.45, 2.75) is 44.2 Å². The molecule has 1 atom stereocenters. The predicted octanol–water partition coefficient (Wildman–Crippen LogP) is 1.54. The van der Waals surface area contributed by atoms with Crippen molar-refractivity contribution in [2.75, 3.05) is 39.4 Å². The van der Waals surface area contributed by atoms with Gasteiger partial charge in [0.2, 0.25) is 0 Å². The maximum Gasteiger partial charge on any atom is 0.257 e. The summed E-state index contributed by atoms with van der Waals surface area (Å²) in [5, 5.41) is 4.41. The van der Waals surface area contributed by atoms with Crippen molar-refractivity contribution < 1.29 is 9.53 Å². The van der Waals surface area contributed by atoms with Gasteiger partial charge in [-0.15, -0.1) is 0 Å². The molecule has 6 heteroatoms. The van der Waals surface area contributed by atoms with Crippen LogP contribution in [0, 0.1) is 0 Å². The van der Waals surface area contributed by atoms with Gasteiger partial charge in [-0.1, -0.05) is 0 Å².